The predicted octanol–water partition coefficient (Wildman–Crippen LogP) is -0.755. The summed E-state index contributed by atoms with van der Waals surface area (Å²) >= 11 is 0. The number of nitrogens with zero attached hydrogens (tertiary/aromatic N) is 4. The number of hydrogen-bond donors (Lipinski definition) is 1. The fourth-order valence-electron chi connectivity index (χ4n) is 2.56. The van der Waals surface area contributed by atoms with Crippen molar-refractivity contribution in [2.45, 2.75) is 11.9 Å². The van der Waals surface area contributed by atoms with E-state index in [9.17, 15) is 5.11 Å². The average molecular weight is 280 g/mol. The molecule has 0 heterocycles. The van der Waals surface area contributed by atoms with Crippen LogP contribution < -0.4 is 0 Å². The summed E-state index contributed by atoms with van der Waals surface area (Å²) in [7, 11) is 15.8. The first-order valence-electron chi connectivity index (χ1n) is 5.52. The van der Waals surface area contributed by atoms with Gasteiger partial charge >= 0.3 is 0 Å². The van der Waals surface area contributed by atoms with Crippen molar-refractivity contribution < 1.29 is 26.8 Å². The number of rotatable bonds is 6. The van der Waals surface area contributed by atoms with Gasteiger partial charge in [0.2, 0.25) is 0 Å². The third-order valence-electron chi connectivity index (χ3n) is 2.96. The van der Waals surface area contributed by atoms with Crippen LogP contribution in [0.4, 0.5) is 0 Å². The van der Waals surface area contributed by atoms with Gasteiger partial charge in [-0.1, -0.05) is 0 Å². The van der Waals surface area contributed by atoms with E-state index in [4.69, 9.17) is 0 Å². The van der Waals surface area contributed by atoms with Gasteiger partial charge in [-0.25, -0.2) is 0 Å². The van der Waals surface area contributed by atoms with Crippen molar-refractivity contribution in [3.05, 3.63) is 0 Å². The van der Waals surface area contributed by atoms with Crippen LogP contribution in [-0.2, 0) is 21.7 Å². The first-order valence-corrected chi connectivity index (χ1v) is 5.52. The molecule has 6 heteroatoms. The minimum absolute atomic E-state index is 0. The van der Waals surface area contributed by atoms with E-state index < -0.39 is 11.9 Å². The fourth-order valence-corrected chi connectivity index (χ4v) is 2.56. The van der Waals surface area contributed by atoms with E-state index in [1.807, 2.05) is 76.0 Å². The molecule has 0 spiro atoms. The Morgan fingerprint density at radius 2 is 1.12 bits per heavy atom. The molecule has 0 amide bonds. The van der Waals surface area contributed by atoms with E-state index in [-0.39, 0.29) is 21.7 Å². The van der Waals surface area contributed by atoms with Gasteiger partial charge in [-0.15, -0.1) is 0 Å². The summed E-state index contributed by atoms with van der Waals surface area (Å²) in [6.45, 7) is 0.620. The van der Waals surface area contributed by atoms with Gasteiger partial charge in [0.25, 0.3) is 0 Å². The maximum atomic E-state index is 10.5. The third kappa shape index (κ3) is 4.28. The molecule has 102 valence electrons. The van der Waals surface area contributed by atoms with Gasteiger partial charge in [0.15, 0.2) is 5.79 Å². The van der Waals surface area contributed by atoms with E-state index in [0.717, 1.165) is 0 Å². The molecular weight excluding hydrogens is 252 g/mol. The van der Waals surface area contributed by atoms with Crippen molar-refractivity contribution in [1.29, 1.82) is 0 Å². The monoisotopic (exact) mass is 280 g/mol. The molecular formula is C11H28N4OTi. The van der Waals surface area contributed by atoms with Crippen LogP contribution in [0.15, 0.2) is 0 Å². The summed E-state index contributed by atoms with van der Waals surface area (Å²) in [6.07, 6.45) is -0.484. The Morgan fingerprint density at radius 3 is 1.29 bits per heavy atom. The molecule has 0 aromatic rings. The third-order valence-corrected chi connectivity index (χ3v) is 2.96. The maximum Gasteiger partial charge on any atom is 0.157 e. The number of hydrogen-bond acceptors (Lipinski definition) is 5. The van der Waals surface area contributed by atoms with Crippen LogP contribution in [0.1, 0.15) is 0 Å². The summed E-state index contributed by atoms with van der Waals surface area (Å²) in [5.41, 5.74) is 0. The van der Waals surface area contributed by atoms with Gasteiger partial charge in [0, 0.05) is 28.3 Å². The van der Waals surface area contributed by atoms with Crippen molar-refractivity contribution in [2.75, 3.05) is 62.9 Å². The molecule has 17 heavy (non-hydrogen) atoms. The maximum absolute atomic E-state index is 10.5. The molecule has 0 aliphatic heterocycles. The van der Waals surface area contributed by atoms with Gasteiger partial charge in [0.1, 0.15) is 6.10 Å². The zero-order valence-electron chi connectivity index (χ0n) is 12.5. The van der Waals surface area contributed by atoms with Crippen molar-refractivity contribution in [3.63, 3.8) is 0 Å². The topological polar surface area (TPSA) is 33.2 Å². The number of aliphatic hydroxyl groups is 1. The Kier molecular flexibility index (Phi) is 9.15. The molecule has 0 aromatic carbocycles. The van der Waals surface area contributed by atoms with Crippen molar-refractivity contribution in [3.8, 4) is 0 Å². The van der Waals surface area contributed by atoms with E-state index >= 15 is 0 Å². The van der Waals surface area contributed by atoms with Crippen LogP contribution in [0, 0.1) is 0 Å². The second-order valence-electron chi connectivity index (χ2n) is 5.15. The molecule has 0 saturated heterocycles. The molecule has 1 atom stereocenters. The minimum Gasteiger partial charge on any atom is -0.387 e. The molecule has 1 N–H and O–H groups in total. The summed E-state index contributed by atoms with van der Waals surface area (Å²) in [6, 6.07) is 0. The summed E-state index contributed by atoms with van der Waals surface area (Å²) in [4.78, 5) is 8.12. The second kappa shape index (κ2) is 7.84. The van der Waals surface area contributed by atoms with Crippen LogP contribution in [0.3, 0.4) is 0 Å². The first kappa shape index (κ1) is 19.8. The number of aliphatic hydroxyl groups excluding tert-OH is 1. The molecule has 5 nitrogen and oxygen atoms in total. The van der Waals surface area contributed by atoms with Gasteiger partial charge in [0.05, 0.1) is 0 Å². The Balaban J connectivity index is 0. The Bertz CT molecular complexity index is 188. The van der Waals surface area contributed by atoms with Crippen LogP contribution in [0.2, 0.25) is 0 Å². The molecule has 0 fully saturated rings. The second-order valence-corrected chi connectivity index (χ2v) is 5.15. The smallest absolute Gasteiger partial charge is 0.157 e. The fraction of sp³-hybridized carbons (Fsp3) is 1.00. The summed E-state index contributed by atoms with van der Waals surface area (Å²) in [5.74, 6) is -0.496. The van der Waals surface area contributed by atoms with Gasteiger partial charge in [-0.05, 0) is 56.4 Å². The molecule has 1 unspecified atom stereocenters. The quantitative estimate of drug-likeness (QED) is 0.511. The predicted molar refractivity (Wildman–Crippen MR) is 68.4 cm³/mol. The van der Waals surface area contributed by atoms with Crippen molar-refractivity contribution in [2.24, 2.45) is 0 Å². The normalized spacial score (nSPS) is 14.6. The average Bonchev–Trinajstić information content (AvgIpc) is 1.99. The Labute approximate surface area is 121 Å². The van der Waals surface area contributed by atoms with Crippen molar-refractivity contribution in [1.82, 2.24) is 19.6 Å². The first-order chi connectivity index (χ1) is 7.17. The zero-order valence-corrected chi connectivity index (χ0v) is 14.1. The van der Waals surface area contributed by atoms with Gasteiger partial charge < -0.3 is 10.0 Å². The SMILES string of the molecule is CN(C)CC(O)C(N(C)C)(N(C)C)N(C)C.[Ti]. The summed E-state index contributed by atoms with van der Waals surface area (Å²) in [5, 5.41) is 10.5. The molecule has 0 aliphatic carbocycles. The van der Waals surface area contributed by atoms with Crippen LogP contribution in [0.5, 0.6) is 0 Å². The van der Waals surface area contributed by atoms with E-state index in [2.05, 4.69) is 0 Å². The molecule has 0 saturated carbocycles. The molecule has 0 bridgehead atoms. The van der Waals surface area contributed by atoms with Crippen molar-refractivity contribution >= 4 is 0 Å². The van der Waals surface area contributed by atoms with Gasteiger partial charge in [-0.2, -0.15) is 0 Å². The Hall–Kier alpha value is 0.514. The van der Waals surface area contributed by atoms with E-state index in [0.29, 0.717) is 6.54 Å². The van der Waals surface area contributed by atoms with E-state index in [1.54, 1.807) is 0 Å². The number of likely N-dealkylation sites (N-methyl/N-ethyl adjacent to an activating group) is 4. The van der Waals surface area contributed by atoms with E-state index in [1.165, 1.54) is 0 Å². The zero-order chi connectivity index (χ0) is 13.1. The minimum atomic E-state index is -0.496. The van der Waals surface area contributed by atoms with Crippen LogP contribution >= 0.6 is 0 Å². The molecule has 0 radical (unpaired) electrons. The van der Waals surface area contributed by atoms with Gasteiger partial charge in [-0.3, -0.25) is 14.7 Å². The largest absolute Gasteiger partial charge is 0.387 e. The van der Waals surface area contributed by atoms with Crippen LogP contribution in [0.25, 0.3) is 0 Å². The Morgan fingerprint density at radius 1 is 0.824 bits per heavy atom. The molecule has 0 aromatic heterocycles. The van der Waals surface area contributed by atoms with Crippen LogP contribution in [-0.4, -0.2) is 99.5 Å². The molecule has 0 rings (SSSR count). The summed E-state index contributed by atoms with van der Waals surface area (Å²) < 4.78 is 0. The molecule has 0 aliphatic rings. The standard InChI is InChI=1S/C11H28N4O.Ti/c1-12(2)9-10(16)11(13(3)4,14(5)6)15(7)8;/h10,16H,9H2,1-8H3;.